The number of aromatic hydroxyl groups is 1. The molecule has 0 radical (unpaired) electrons. The topological polar surface area (TPSA) is 93.1 Å². The molecule has 1 aliphatic carbocycles. The van der Waals surface area contributed by atoms with Crippen LogP contribution in [0.5, 0.6) is 11.5 Å². The molecule has 0 aromatic heterocycles. The van der Waals surface area contributed by atoms with Crippen molar-refractivity contribution >= 4 is 35.3 Å². The van der Waals surface area contributed by atoms with Gasteiger partial charge in [0.25, 0.3) is 0 Å². The van der Waals surface area contributed by atoms with Crippen molar-refractivity contribution in [1.29, 1.82) is 0 Å². The first-order chi connectivity index (χ1) is 15.3. The van der Waals surface area contributed by atoms with Gasteiger partial charge in [-0.25, -0.2) is 0 Å². The normalized spacial score (nSPS) is 24.8. The first kappa shape index (κ1) is 25.2. The van der Waals surface area contributed by atoms with E-state index in [4.69, 9.17) is 14.6 Å². The van der Waals surface area contributed by atoms with Gasteiger partial charge in [-0.1, -0.05) is 13.3 Å². The number of phenols is 1. The summed E-state index contributed by atoms with van der Waals surface area (Å²) in [5.41, 5.74) is 1.06. The number of hydrogen-bond donors (Lipinski definition) is 2. The molecule has 178 valence electrons. The van der Waals surface area contributed by atoms with Gasteiger partial charge in [-0.2, -0.15) is 11.8 Å². The first-order valence-corrected chi connectivity index (χ1v) is 13.6. The number of carbonyl (C=O) groups excluding carboxylic acids is 1. The molecule has 32 heavy (non-hydrogen) atoms. The van der Waals surface area contributed by atoms with E-state index in [0.717, 1.165) is 49.4 Å². The number of carboxylic acids is 1. The number of aliphatic carboxylic acids is 1. The van der Waals surface area contributed by atoms with E-state index in [1.165, 1.54) is 6.92 Å². The molecule has 1 aliphatic heterocycles. The number of hydrogen-bond acceptors (Lipinski definition) is 7. The van der Waals surface area contributed by atoms with Gasteiger partial charge in [-0.15, -0.1) is 11.8 Å². The zero-order valence-corrected chi connectivity index (χ0v) is 20.6. The van der Waals surface area contributed by atoms with Crippen LogP contribution in [0.2, 0.25) is 0 Å². The van der Waals surface area contributed by atoms with Crippen molar-refractivity contribution < 1.29 is 29.3 Å². The van der Waals surface area contributed by atoms with Crippen LogP contribution in [0, 0.1) is 5.92 Å². The second-order valence-electron chi connectivity index (χ2n) is 8.69. The van der Waals surface area contributed by atoms with Gasteiger partial charge in [0, 0.05) is 23.5 Å². The molecule has 1 saturated heterocycles. The number of benzene rings is 1. The van der Waals surface area contributed by atoms with E-state index in [1.807, 2.05) is 30.4 Å². The molecule has 1 aromatic rings. The van der Waals surface area contributed by atoms with Gasteiger partial charge in [0.15, 0.2) is 5.78 Å². The molecule has 2 N–H and O–H groups in total. The fourth-order valence-electron chi connectivity index (χ4n) is 4.51. The number of carbonyl (C=O) groups is 2. The third kappa shape index (κ3) is 6.58. The molecule has 8 heteroatoms. The molecule has 2 aliphatic rings. The summed E-state index contributed by atoms with van der Waals surface area (Å²) in [5, 5.41) is 19.4. The summed E-state index contributed by atoms with van der Waals surface area (Å²) < 4.78 is 12.3. The number of Topliss-reactive ketones (excluding diaryl/α,β-unsaturated/α-hetero) is 1. The smallest absolute Gasteiger partial charge is 0.303 e. The zero-order chi connectivity index (χ0) is 23.1. The number of rotatable bonds is 12. The van der Waals surface area contributed by atoms with Gasteiger partial charge in [-0.3, -0.25) is 9.59 Å². The van der Waals surface area contributed by atoms with Crippen LogP contribution in [0.4, 0.5) is 0 Å². The minimum atomic E-state index is -0.712. The fraction of sp³-hybridized carbons (Fsp3) is 0.667. The summed E-state index contributed by atoms with van der Waals surface area (Å²) in [5.74, 6) is 2.97. The molecule has 2 fully saturated rings. The second-order valence-corrected chi connectivity index (χ2v) is 11.2. The predicted octanol–water partition coefficient (Wildman–Crippen LogP) is 5.15. The van der Waals surface area contributed by atoms with Crippen molar-refractivity contribution in [2.45, 2.75) is 69.8 Å². The molecule has 1 heterocycles. The molecule has 3 unspecified atom stereocenters. The molecule has 3 atom stereocenters. The van der Waals surface area contributed by atoms with Gasteiger partial charge in [0.1, 0.15) is 16.4 Å². The van der Waals surface area contributed by atoms with Crippen molar-refractivity contribution in [3.63, 3.8) is 0 Å². The lowest BCUT2D eigenvalue weighted by molar-refractivity contribution is -0.138. The van der Waals surface area contributed by atoms with E-state index in [9.17, 15) is 14.7 Å². The second kappa shape index (κ2) is 11.7. The Morgan fingerprint density at radius 2 is 2.19 bits per heavy atom. The van der Waals surface area contributed by atoms with E-state index in [-0.39, 0.29) is 34.9 Å². The average molecular weight is 483 g/mol. The van der Waals surface area contributed by atoms with Crippen molar-refractivity contribution in [2.75, 3.05) is 23.9 Å². The minimum absolute atomic E-state index is 0.0496. The monoisotopic (exact) mass is 482 g/mol. The number of thioether (sulfide) groups is 2. The van der Waals surface area contributed by atoms with Crippen molar-refractivity contribution in [1.82, 2.24) is 0 Å². The third-order valence-corrected chi connectivity index (χ3v) is 8.74. The SMILES string of the molecule is CCCc1c(OCCCSCC2CSC3(CCC(CC(=O)O)C3)O2)ccc(C(C)=O)c1O. The Labute approximate surface area is 198 Å². The standard InChI is InChI=1S/C24H34O6S2/c1-3-5-20-21(7-6-19(16(2)25)23(20)28)29-10-4-11-31-14-18-15-32-24(30-18)9-8-17(13-24)12-22(26)27/h6-7,17-18,28H,3-5,8-15H2,1-2H3,(H,26,27). The predicted molar refractivity (Wildman–Crippen MR) is 129 cm³/mol. The van der Waals surface area contributed by atoms with Gasteiger partial charge >= 0.3 is 5.97 Å². The minimum Gasteiger partial charge on any atom is -0.507 e. The van der Waals surface area contributed by atoms with E-state index in [1.54, 1.807) is 12.1 Å². The largest absolute Gasteiger partial charge is 0.507 e. The van der Waals surface area contributed by atoms with Crippen LogP contribution in [-0.2, 0) is 16.0 Å². The van der Waals surface area contributed by atoms with Crippen LogP contribution in [0.25, 0.3) is 0 Å². The maximum Gasteiger partial charge on any atom is 0.303 e. The Morgan fingerprint density at radius 3 is 2.91 bits per heavy atom. The summed E-state index contributed by atoms with van der Waals surface area (Å²) in [6, 6.07) is 3.42. The number of ether oxygens (including phenoxy) is 2. The van der Waals surface area contributed by atoms with Crippen LogP contribution in [-0.4, -0.2) is 56.9 Å². The van der Waals surface area contributed by atoms with Gasteiger partial charge in [0.05, 0.1) is 18.3 Å². The Hall–Kier alpha value is -1.38. The molecular formula is C24H34O6S2. The summed E-state index contributed by atoms with van der Waals surface area (Å²) in [7, 11) is 0. The summed E-state index contributed by atoms with van der Waals surface area (Å²) in [6.45, 7) is 4.05. The van der Waals surface area contributed by atoms with E-state index >= 15 is 0 Å². The molecular weight excluding hydrogens is 448 g/mol. The molecule has 6 nitrogen and oxygen atoms in total. The summed E-state index contributed by atoms with van der Waals surface area (Å²) in [4.78, 5) is 22.5. The first-order valence-electron chi connectivity index (χ1n) is 11.4. The van der Waals surface area contributed by atoms with Gasteiger partial charge < -0.3 is 19.7 Å². The van der Waals surface area contributed by atoms with E-state index < -0.39 is 5.97 Å². The highest BCUT2D eigenvalue weighted by Gasteiger charge is 2.46. The average Bonchev–Trinajstić information content (AvgIpc) is 3.32. The molecule has 1 saturated carbocycles. The lowest BCUT2D eigenvalue weighted by Crippen LogP contribution is -2.25. The van der Waals surface area contributed by atoms with E-state index in [0.29, 0.717) is 29.9 Å². The maximum absolute atomic E-state index is 11.7. The highest BCUT2D eigenvalue weighted by atomic mass is 32.2. The maximum atomic E-state index is 11.7. The molecule has 1 aromatic carbocycles. The highest BCUT2D eigenvalue weighted by Crippen LogP contribution is 2.51. The Bertz CT molecular complexity index is 814. The van der Waals surface area contributed by atoms with Crippen LogP contribution < -0.4 is 4.74 Å². The van der Waals surface area contributed by atoms with Crippen LogP contribution >= 0.6 is 23.5 Å². The molecule has 1 spiro atoms. The lowest BCUT2D eigenvalue weighted by Gasteiger charge is -2.23. The van der Waals surface area contributed by atoms with Crippen molar-refractivity contribution in [2.24, 2.45) is 5.92 Å². The number of phenolic OH excluding ortho intramolecular Hbond substituents is 1. The Balaban J connectivity index is 1.37. The molecule has 3 rings (SSSR count). The molecule has 0 amide bonds. The van der Waals surface area contributed by atoms with Gasteiger partial charge in [-0.05, 0) is 62.8 Å². The van der Waals surface area contributed by atoms with E-state index in [2.05, 4.69) is 0 Å². The Morgan fingerprint density at radius 1 is 1.38 bits per heavy atom. The Kier molecular flexibility index (Phi) is 9.20. The molecule has 0 bridgehead atoms. The summed E-state index contributed by atoms with van der Waals surface area (Å²) >= 11 is 3.72. The van der Waals surface area contributed by atoms with Crippen LogP contribution in [0.1, 0.15) is 68.3 Å². The third-order valence-electron chi connectivity index (χ3n) is 6.02. The lowest BCUT2D eigenvalue weighted by atomic mass is 10.0. The van der Waals surface area contributed by atoms with Crippen LogP contribution in [0.15, 0.2) is 12.1 Å². The van der Waals surface area contributed by atoms with Crippen molar-refractivity contribution in [3.05, 3.63) is 23.3 Å². The van der Waals surface area contributed by atoms with Gasteiger partial charge in [0.2, 0.25) is 0 Å². The van der Waals surface area contributed by atoms with Crippen LogP contribution in [0.3, 0.4) is 0 Å². The number of carboxylic acid groups (broad SMARTS) is 1. The fourth-order valence-corrected chi connectivity index (χ4v) is 7.09. The summed E-state index contributed by atoms with van der Waals surface area (Å²) in [6.07, 6.45) is 5.65. The zero-order valence-electron chi connectivity index (χ0n) is 18.9. The van der Waals surface area contributed by atoms with Crippen molar-refractivity contribution in [3.8, 4) is 11.5 Å². The highest BCUT2D eigenvalue weighted by molar-refractivity contribution is 8.01. The quantitative estimate of drug-likeness (QED) is 0.312. The number of ketones is 1.